The molecule has 0 heterocycles. The monoisotopic (exact) mass is 308 g/mol. The second-order valence-corrected chi connectivity index (χ2v) is 5.00. The molecule has 1 fully saturated rings. The summed E-state index contributed by atoms with van der Waals surface area (Å²) in [5.74, 6) is 0.0781. The smallest absolute Gasteiger partial charge is 0.258 e. The fourth-order valence-electron chi connectivity index (χ4n) is 2.40. The number of nitro benzene ring substituents is 3. The lowest BCUT2D eigenvalue weighted by molar-refractivity contribution is -0.402. The Balaban J connectivity index is 2.71. The summed E-state index contributed by atoms with van der Waals surface area (Å²) in [6.45, 7) is 1.88. The van der Waals surface area contributed by atoms with Crippen LogP contribution in [-0.2, 0) is 0 Å². The van der Waals surface area contributed by atoms with Crippen molar-refractivity contribution < 1.29 is 14.8 Å². The SMILES string of the molecule is CC1CCCC1=Nc1c([N+](=O)[O-])cc([N+](=O)[O-])cc1[N+](=O)[O-]. The van der Waals surface area contributed by atoms with Gasteiger partial charge >= 0.3 is 11.4 Å². The first kappa shape index (κ1) is 15.5. The molecule has 0 radical (unpaired) electrons. The Morgan fingerprint density at radius 2 is 1.59 bits per heavy atom. The van der Waals surface area contributed by atoms with Gasteiger partial charge in [0.15, 0.2) is 0 Å². The molecule has 0 aliphatic heterocycles. The lowest BCUT2D eigenvalue weighted by Gasteiger charge is -2.05. The van der Waals surface area contributed by atoms with Crippen LogP contribution >= 0.6 is 0 Å². The summed E-state index contributed by atoms with van der Waals surface area (Å²) in [5.41, 5.74) is -1.95. The average molecular weight is 308 g/mol. The van der Waals surface area contributed by atoms with Crippen molar-refractivity contribution in [1.82, 2.24) is 0 Å². The van der Waals surface area contributed by atoms with E-state index in [-0.39, 0.29) is 5.92 Å². The molecule has 2 rings (SSSR count). The number of nitrogens with zero attached hydrogens (tertiary/aromatic N) is 4. The first-order valence-corrected chi connectivity index (χ1v) is 6.50. The number of benzene rings is 1. The van der Waals surface area contributed by atoms with E-state index in [0.29, 0.717) is 24.3 Å². The molecule has 0 saturated heterocycles. The Morgan fingerprint density at radius 1 is 1.05 bits per heavy atom. The maximum atomic E-state index is 11.1. The highest BCUT2D eigenvalue weighted by Crippen LogP contribution is 2.41. The van der Waals surface area contributed by atoms with Gasteiger partial charge in [-0.1, -0.05) is 6.92 Å². The van der Waals surface area contributed by atoms with E-state index < -0.39 is 37.5 Å². The third-order valence-corrected chi connectivity index (χ3v) is 3.55. The topological polar surface area (TPSA) is 142 Å². The predicted octanol–water partition coefficient (Wildman–Crippen LogP) is 3.30. The molecule has 0 amide bonds. The molecule has 10 nitrogen and oxygen atoms in total. The molecular weight excluding hydrogens is 296 g/mol. The van der Waals surface area contributed by atoms with Gasteiger partial charge in [-0.3, -0.25) is 30.3 Å². The van der Waals surface area contributed by atoms with Crippen LogP contribution in [0.1, 0.15) is 26.2 Å². The number of non-ortho nitro benzene ring substituents is 1. The van der Waals surface area contributed by atoms with Crippen LogP contribution in [0.15, 0.2) is 17.1 Å². The highest BCUT2D eigenvalue weighted by atomic mass is 16.6. The molecule has 22 heavy (non-hydrogen) atoms. The van der Waals surface area contributed by atoms with Gasteiger partial charge < -0.3 is 0 Å². The minimum absolute atomic E-state index is 0.0781. The van der Waals surface area contributed by atoms with Crippen LogP contribution in [0.25, 0.3) is 0 Å². The molecule has 1 aliphatic rings. The Kier molecular flexibility index (Phi) is 4.11. The Bertz CT molecular complexity index is 664. The van der Waals surface area contributed by atoms with Crippen LogP contribution in [0, 0.1) is 36.3 Å². The Hall–Kier alpha value is -2.91. The van der Waals surface area contributed by atoms with Crippen molar-refractivity contribution in [3.63, 3.8) is 0 Å². The fraction of sp³-hybridized carbons (Fsp3) is 0.417. The molecule has 116 valence electrons. The van der Waals surface area contributed by atoms with Crippen LogP contribution in [-0.4, -0.2) is 20.5 Å². The largest absolute Gasteiger partial charge is 0.308 e. The van der Waals surface area contributed by atoms with Gasteiger partial charge in [-0.05, 0) is 25.2 Å². The van der Waals surface area contributed by atoms with Crippen molar-refractivity contribution >= 4 is 28.5 Å². The van der Waals surface area contributed by atoms with Crippen molar-refractivity contribution in [2.75, 3.05) is 0 Å². The van der Waals surface area contributed by atoms with E-state index in [1.54, 1.807) is 0 Å². The summed E-state index contributed by atoms with van der Waals surface area (Å²) in [4.78, 5) is 34.4. The van der Waals surface area contributed by atoms with Crippen molar-refractivity contribution in [2.45, 2.75) is 26.2 Å². The maximum absolute atomic E-state index is 11.1. The standard InChI is InChI=1S/C12H12N4O6/c1-7-3-2-4-9(7)13-12-10(15(19)20)5-8(14(17)18)6-11(12)16(21)22/h5-7H,2-4H2,1H3. The number of rotatable bonds is 4. The van der Waals surface area contributed by atoms with Crippen LogP contribution in [0.2, 0.25) is 0 Å². The number of hydrogen-bond acceptors (Lipinski definition) is 7. The van der Waals surface area contributed by atoms with Crippen molar-refractivity contribution in [3.05, 3.63) is 42.5 Å². The minimum atomic E-state index is -0.908. The quantitative estimate of drug-likeness (QED) is 0.616. The van der Waals surface area contributed by atoms with E-state index in [2.05, 4.69) is 4.99 Å². The zero-order valence-electron chi connectivity index (χ0n) is 11.6. The summed E-state index contributed by atoms with van der Waals surface area (Å²) in [7, 11) is 0. The molecule has 10 heteroatoms. The summed E-state index contributed by atoms with van der Waals surface area (Å²) in [5, 5.41) is 33.0. The van der Waals surface area contributed by atoms with E-state index in [9.17, 15) is 30.3 Å². The van der Waals surface area contributed by atoms with Gasteiger partial charge in [0, 0.05) is 5.71 Å². The number of nitro groups is 3. The van der Waals surface area contributed by atoms with E-state index in [4.69, 9.17) is 0 Å². The molecule has 0 aromatic heterocycles. The van der Waals surface area contributed by atoms with Crippen molar-refractivity contribution in [3.8, 4) is 0 Å². The van der Waals surface area contributed by atoms with E-state index >= 15 is 0 Å². The maximum Gasteiger partial charge on any atom is 0.308 e. The van der Waals surface area contributed by atoms with Gasteiger partial charge in [-0.25, -0.2) is 4.99 Å². The highest BCUT2D eigenvalue weighted by Gasteiger charge is 2.31. The molecule has 1 unspecified atom stereocenters. The van der Waals surface area contributed by atoms with Gasteiger partial charge in [0.05, 0.1) is 26.9 Å². The third kappa shape index (κ3) is 2.90. The second-order valence-electron chi connectivity index (χ2n) is 5.00. The molecule has 1 atom stereocenters. The number of aliphatic imine (C=N–C) groups is 1. The first-order valence-electron chi connectivity index (χ1n) is 6.50. The fourth-order valence-corrected chi connectivity index (χ4v) is 2.40. The van der Waals surface area contributed by atoms with Crippen molar-refractivity contribution in [1.29, 1.82) is 0 Å². The Morgan fingerprint density at radius 3 is 1.95 bits per heavy atom. The van der Waals surface area contributed by atoms with E-state index in [1.807, 2.05) is 6.92 Å². The number of hydrogen-bond donors (Lipinski definition) is 0. The highest BCUT2D eigenvalue weighted by molar-refractivity contribution is 5.93. The van der Waals surface area contributed by atoms with Gasteiger partial charge in [-0.15, -0.1) is 0 Å². The molecule has 0 N–H and O–H groups in total. The van der Waals surface area contributed by atoms with Gasteiger partial charge in [0.2, 0.25) is 5.69 Å². The summed E-state index contributed by atoms with van der Waals surface area (Å²) in [6, 6.07) is 1.40. The molecular formula is C12H12N4O6. The van der Waals surface area contributed by atoms with Crippen molar-refractivity contribution in [2.24, 2.45) is 10.9 Å². The van der Waals surface area contributed by atoms with Crippen LogP contribution in [0.4, 0.5) is 22.7 Å². The molecule has 0 bridgehead atoms. The first-order chi connectivity index (χ1) is 10.3. The average Bonchev–Trinajstić information content (AvgIpc) is 2.83. The Labute approximate surface area is 123 Å². The van der Waals surface area contributed by atoms with Crippen LogP contribution in [0.5, 0.6) is 0 Å². The molecule has 1 saturated carbocycles. The lowest BCUT2D eigenvalue weighted by Crippen LogP contribution is -2.03. The predicted molar refractivity (Wildman–Crippen MR) is 76.5 cm³/mol. The molecule has 1 aliphatic carbocycles. The summed E-state index contributed by atoms with van der Waals surface area (Å²) in [6.07, 6.45) is 2.31. The molecule has 1 aromatic rings. The van der Waals surface area contributed by atoms with E-state index in [1.165, 1.54) is 0 Å². The normalized spacial score (nSPS) is 19.3. The van der Waals surface area contributed by atoms with E-state index in [0.717, 1.165) is 12.8 Å². The second kappa shape index (κ2) is 5.84. The molecule has 0 spiro atoms. The zero-order chi connectivity index (χ0) is 16.4. The minimum Gasteiger partial charge on any atom is -0.258 e. The van der Waals surface area contributed by atoms with Crippen LogP contribution < -0.4 is 0 Å². The summed E-state index contributed by atoms with van der Waals surface area (Å²) >= 11 is 0. The van der Waals surface area contributed by atoms with Gasteiger partial charge in [0.1, 0.15) is 0 Å². The summed E-state index contributed by atoms with van der Waals surface area (Å²) < 4.78 is 0. The van der Waals surface area contributed by atoms with Gasteiger partial charge in [-0.2, -0.15) is 0 Å². The lowest BCUT2D eigenvalue weighted by atomic mass is 10.1. The van der Waals surface area contributed by atoms with Crippen LogP contribution in [0.3, 0.4) is 0 Å². The van der Waals surface area contributed by atoms with Gasteiger partial charge in [0.25, 0.3) is 5.69 Å². The molecule has 1 aromatic carbocycles. The zero-order valence-corrected chi connectivity index (χ0v) is 11.6. The third-order valence-electron chi connectivity index (χ3n) is 3.55.